The predicted octanol–water partition coefficient (Wildman–Crippen LogP) is 2.56. The summed E-state index contributed by atoms with van der Waals surface area (Å²) in [6.45, 7) is 7.63. The normalized spacial score (nSPS) is 14.1. The smallest absolute Gasteiger partial charge is 0.244 e. The third-order valence-corrected chi connectivity index (χ3v) is 6.49. The lowest BCUT2D eigenvalue weighted by atomic mass is 10.1. The molecule has 1 aliphatic rings. The number of sulfonamides is 1. The van der Waals surface area contributed by atoms with E-state index in [9.17, 15) is 18.0 Å². The van der Waals surface area contributed by atoms with Gasteiger partial charge in [-0.1, -0.05) is 30.3 Å². The van der Waals surface area contributed by atoms with Crippen molar-refractivity contribution in [2.24, 2.45) is 0 Å². The van der Waals surface area contributed by atoms with Gasteiger partial charge >= 0.3 is 0 Å². The van der Waals surface area contributed by atoms with E-state index in [1.165, 1.54) is 4.90 Å². The highest BCUT2D eigenvalue weighted by molar-refractivity contribution is 7.92. The minimum Gasteiger partial charge on any atom is -0.486 e. The molecular formula is C25H33N3O6S. The van der Waals surface area contributed by atoms with Crippen LogP contribution in [-0.2, 0) is 26.2 Å². The average Bonchev–Trinajstić information content (AvgIpc) is 2.79. The molecule has 0 bridgehead atoms. The van der Waals surface area contributed by atoms with Crippen LogP contribution in [0.5, 0.6) is 11.5 Å². The molecule has 1 atom stereocenters. The van der Waals surface area contributed by atoms with Crippen LogP contribution in [0.1, 0.15) is 33.3 Å². The Balaban J connectivity index is 1.91. The van der Waals surface area contributed by atoms with Gasteiger partial charge in [0, 0.05) is 18.2 Å². The summed E-state index contributed by atoms with van der Waals surface area (Å²) in [4.78, 5) is 27.9. The second kappa shape index (κ2) is 10.6. The number of nitrogens with zero attached hydrogens (tertiary/aromatic N) is 2. The van der Waals surface area contributed by atoms with E-state index in [0.29, 0.717) is 24.7 Å². The summed E-state index contributed by atoms with van der Waals surface area (Å²) in [5.74, 6) is 0.0876. The average molecular weight is 504 g/mol. The Morgan fingerprint density at radius 3 is 2.26 bits per heavy atom. The Kier molecular flexibility index (Phi) is 7.94. The molecule has 0 aromatic heterocycles. The Morgan fingerprint density at radius 1 is 1.03 bits per heavy atom. The molecule has 2 amide bonds. The topological polar surface area (TPSA) is 105 Å². The second-order valence-corrected chi connectivity index (χ2v) is 11.4. The number of carbonyl (C=O) groups excluding carboxylic acids is 2. The van der Waals surface area contributed by atoms with Crippen molar-refractivity contribution < 1.29 is 27.5 Å². The SMILES string of the molecule is C[C@H](C(=O)NC(C)(C)C)N(Cc1ccccc1)C(=O)CN(c1ccc2c(c1)OCCO2)S(C)(=O)=O. The quantitative estimate of drug-likeness (QED) is 0.594. The standard InChI is InChI=1S/C25H33N3O6S/c1-18(24(30)26-25(2,3)4)27(16-19-9-7-6-8-10-19)23(29)17-28(35(5,31)32)20-11-12-21-22(15-20)34-14-13-33-21/h6-12,15,18H,13-14,16-17H2,1-5H3,(H,26,30)/t18-/m1/s1. The van der Waals surface area contributed by atoms with Crippen LogP contribution in [0.25, 0.3) is 0 Å². The summed E-state index contributed by atoms with van der Waals surface area (Å²) in [5.41, 5.74) is 0.606. The maximum atomic E-state index is 13.6. The fourth-order valence-electron chi connectivity index (χ4n) is 3.64. The van der Waals surface area contributed by atoms with Gasteiger partial charge in [0.25, 0.3) is 0 Å². The molecule has 1 aliphatic heterocycles. The van der Waals surface area contributed by atoms with Crippen molar-refractivity contribution in [3.63, 3.8) is 0 Å². The summed E-state index contributed by atoms with van der Waals surface area (Å²) in [6.07, 6.45) is 1.04. The highest BCUT2D eigenvalue weighted by Crippen LogP contribution is 2.34. The monoisotopic (exact) mass is 503 g/mol. The number of rotatable bonds is 8. The highest BCUT2D eigenvalue weighted by atomic mass is 32.2. The molecule has 1 N–H and O–H groups in total. The lowest BCUT2D eigenvalue weighted by Gasteiger charge is -2.33. The van der Waals surface area contributed by atoms with Gasteiger partial charge in [-0.05, 0) is 45.4 Å². The number of hydrogen-bond acceptors (Lipinski definition) is 6. The molecule has 9 nitrogen and oxygen atoms in total. The first-order valence-electron chi connectivity index (χ1n) is 11.4. The van der Waals surface area contributed by atoms with Gasteiger partial charge in [0.15, 0.2) is 11.5 Å². The van der Waals surface area contributed by atoms with Gasteiger partial charge in [-0.2, -0.15) is 0 Å². The number of anilines is 1. The third-order valence-electron chi connectivity index (χ3n) is 5.35. The lowest BCUT2D eigenvalue weighted by Crippen LogP contribution is -2.54. The van der Waals surface area contributed by atoms with Crippen molar-refractivity contribution >= 4 is 27.5 Å². The molecule has 0 unspecified atom stereocenters. The first-order chi connectivity index (χ1) is 16.3. The van der Waals surface area contributed by atoms with Crippen LogP contribution >= 0.6 is 0 Å². The molecule has 0 fully saturated rings. The minimum absolute atomic E-state index is 0.150. The van der Waals surface area contributed by atoms with E-state index in [-0.39, 0.29) is 18.1 Å². The molecule has 0 spiro atoms. The Labute approximate surface area is 207 Å². The summed E-state index contributed by atoms with van der Waals surface area (Å²) < 4.78 is 37.5. The summed E-state index contributed by atoms with van der Waals surface area (Å²) in [6, 6.07) is 13.1. The third kappa shape index (κ3) is 7.11. The van der Waals surface area contributed by atoms with Crippen molar-refractivity contribution in [3.8, 4) is 11.5 Å². The molecule has 0 saturated heterocycles. The zero-order valence-electron chi connectivity index (χ0n) is 20.8. The number of benzene rings is 2. The van der Waals surface area contributed by atoms with E-state index in [4.69, 9.17) is 9.47 Å². The number of ether oxygens (including phenoxy) is 2. The van der Waals surface area contributed by atoms with E-state index >= 15 is 0 Å². The summed E-state index contributed by atoms with van der Waals surface area (Å²) in [5, 5.41) is 2.89. The molecule has 1 heterocycles. The van der Waals surface area contributed by atoms with Crippen LogP contribution in [0, 0.1) is 0 Å². The fourth-order valence-corrected chi connectivity index (χ4v) is 4.48. The minimum atomic E-state index is -3.83. The van der Waals surface area contributed by atoms with Crippen LogP contribution < -0.4 is 19.1 Å². The van der Waals surface area contributed by atoms with Gasteiger partial charge in [0.2, 0.25) is 21.8 Å². The van der Waals surface area contributed by atoms with Gasteiger partial charge in [-0.3, -0.25) is 13.9 Å². The van der Waals surface area contributed by atoms with Gasteiger partial charge < -0.3 is 19.7 Å². The lowest BCUT2D eigenvalue weighted by molar-refractivity contribution is -0.140. The van der Waals surface area contributed by atoms with Crippen LogP contribution in [0.4, 0.5) is 5.69 Å². The Hall–Kier alpha value is -3.27. The summed E-state index contributed by atoms with van der Waals surface area (Å²) in [7, 11) is -3.83. The molecule has 3 rings (SSSR count). The van der Waals surface area contributed by atoms with E-state index in [2.05, 4.69) is 5.32 Å². The molecule has 2 aromatic carbocycles. The number of nitrogens with one attached hydrogen (secondary N) is 1. The zero-order valence-corrected chi connectivity index (χ0v) is 21.6. The molecule has 190 valence electrons. The van der Waals surface area contributed by atoms with Crippen molar-refractivity contribution in [1.82, 2.24) is 10.2 Å². The van der Waals surface area contributed by atoms with Gasteiger partial charge in [-0.15, -0.1) is 0 Å². The molecule has 2 aromatic rings. The van der Waals surface area contributed by atoms with Gasteiger partial charge in [-0.25, -0.2) is 8.42 Å². The van der Waals surface area contributed by atoms with E-state index in [1.807, 2.05) is 51.1 Å². The highest BCUT2D eigenvalue weighted by Gasteiger charge is 2.31. The van der Waals surface area contributed by atoms with Crippen molar-refractivity contribution in [3.05, 3.63) is 54.1 Å². The first-order valence-corrected chi connectivity index (χ1v) is 13.2. The molecule has 0 saturated carbocycles. The number of carbonyl (C=O) groups is 2. The van der Waals surface area contributed by atoms with Crippen LogP contribution in [0.2, 0.25) is 0 Å². The van der Waals surface area contributed by atoms with Crippen molar-refractivity contribution in [2.75, 3.05) is 30.3 Å². The van der Waals surface area contributed by atoms with Crippen LogP contribution in [0.3, 0.4) is 0 Å². The van der Waals surface area contributed by atoms with Crippen molar-refractivity contribution in [1.29, 1.82) is 0 Å². The number of fused-ring (bicyclic) bond motifs is 1. The molecule has 0 radical (unpaired) electrons. The van der Waals surface area contributed by atoms with E-state index in [0.717, 1.165) is 16.1 Å². The zero-order chi connectivity index (χ0) is 25.8. The van der Waals surface area contributed by atoms with Gasteiger partial charge in [0.1, 0.15) is 25.8 Å². The predicted molar refractivity (Wildman–Crippen MR) is 134 cm³/mol. The van der Waals surface area contributed by atoms with E-state index in [1.54, 1.807) is 25.1 Å². The van der Waals surface area contributed by atoms with Gasteiger partial charge in [0.05, 0.1) is 11.9 Å². The molecule has 10 heteroatoms. The first kappa shape index (κ1) is 26.3. The maximum absolute atomic E-state index is 13.6. The molecule has 0 aliphatic carbocycles. The number of amides is 2. The van der Waals surface area contributed by atoms with Crippen LogP contribution in [-0.4, -0.2) is 62.7 Å². The second-order valence-electron chi connectivity index (χ2n) is 9.52. The summed E-state index contributed by atoms with van der Waals surface area (Å²) >= 11 is 0. The fraction of sp³-hybridized carbons (Fsp3) is 0.440. The Morgan fingerprint density at radius 2 is 1.66 bits per heavy atom. The van der Waals surface area contributed by atoms with E-state index < -0.39 is 34.1 Å². The van der Waals surface area contributed by atoms with Crippen molar-refractivity contribution in [2.45, 2.75) is 45.8 Å². The molecule has 35 heavy (non-hydrogen) atoms. The Bertz CT molecular complexity index is 1160. The maximum Gasteiger partial charge on any atom is 0.244 e. The largest absolute Gasteiger partial charge is 0.486 e. The molecular weight excluding hydrogens is 470 g/mol. The number of hydrogen-bond donors (Lipinski definition) is 1. The van der Waals surface area contributed by atoms with Crippen LogP contribution in [0.15, 0.2) is 48.5 Å².